The smallest absolute Gasteiger partial charge is 0.305 e. The van der Waals surface area contributed by atoms with Crippen molar-refractivity contribution in [2.24, 2.45) is 0 Å². The lowest BCUT2D eigenvalue weighted by Gasteiger charge is -2.42. The lowest BCUT2D eigenvalue weighted by atomic mass is 10.0. The van der Waals surface area contributed by atoms with Crippen LogP contribution in [-0.2, 0) is 42.9 Å². The second-order valence-corrected chi connectivity index (χ2v) is 5.55. The minimum Gasteiger partial charge on any atom is -0.463 e. The van der Waals surface area contributed by atoms with Crippen LogP contribution in [0.2, 0.25) is 0 Å². The van der Waals surface area contributed by atoms with Crippen LogP contribution >= 0.6 is 11.6 Å². The molecule has 0 bridgehead atoms. The molecule has 0 unspecified atom stereocenters. The SMILES string of the molecule is CC(=O)OC[C@@H]1O[C@@H](OC(C)=O)[C@@H](OC(C)=O)[C@@H](Cl)[C@@H]1OC(C)=O. The molecule has 5 atom stereocenters. The van der Waals surface area contributed by atoms with Gasteiger partial charge in [-0.2, -0.15) is 0 Å². The molecule has 1 aliphatic rings. The Bertz CT molecular complexity index is 504. The van der Waals surface area contributed by atoms with E-state index in [4.69, 9.17) is 35.3 Å². The van der Waals surface area contributed by atoms with Gasteiger partial charge in [-0.1, -0.05) is 0 Å². The Balaban J connectivity index is 3.04. The first-order valence-corrected chi connectivity index (χ1v) is 7.50. The van der Waals surface area contributed by atoms with Gasteiger partial charge in [0.1, 0.15) is 18.1 Å². The first-order valence-electron chi connectivity index (χ1n) is 7.06. The van der Waals surface area contributed by atoms with Crippen molar-refractivity contribution in [2.75, 3.05) is 6.61 Å². The largest absolute Gasteiger partial charge is 0.463 e. The maximum absolute atomic E-state index is 11.3. The second kappa shape index (κ2) is 8.84. The van der Waals surface area contributed by atoms with Gasteiger partial charge in [0.15, 0.2) is 12.2 Å². The number of hydrogen-bond acceptors (Lipinski definition) is 9. The number of hydrogen-bond donors (Lipinski definition) is 0. The summed E-state index contributed by atoms with van der Waals surface area (Å²) in [5.41, 5.74) is 0. The van der Waals surface area contributed by atoms with Gasteiger partial charge in [0.2, 0.25) is 6.29 Å². The van der Waals surface area contributed by atoms with Crippen molar-refractivity contribution in [3.05, 3.63) is 0 Å². The second-order valence-electron chi connectivity index (χ2n) is 5.05. The molecule has 1 aliphatic heterocycles. The molecule has 0 aromatic rings. The van der Waals surface area contributed by atoms with E-state index >= 15 is 0 Å². The summed E-state index contributed by atoms with van der Waals surface area (Å²) in [4.78, 5) is 44.8. The molecule has 0 N–H and O–H groups in total. The van der Waals surface area contributed by atoms with E-state index in [1.165, 1.54) is 6.92 Å². The van der Waals surface area contributed by atoms with Gasteiger partial charge < -0.3 is 23.7 Å². The van der Waals surface area contributed by atoms with E-state index in [9.17, 15) is 19.2 Å². The molecule has 1 saturated heterocycles. The average molecular weight is 367 g/mol. The van der Waals surface area contributed by atoms with Crippen molar-refractivity contribution < 1.29 is 42.9 Å². The molecule has 0 saturated carbocycles. The van der Waals surface area contributed by atoms with Crippen LogP contribution in [0.3, 0.4) is 0 Å². The van der Waals surface area contributed by atoms with Crippen molar-refractivity contribution in [3.8, 4) is 0 Å². The summed E-state index contributed by atoms with van der Waals surface area (Å²) in [6.45, 7) is 4.33. The van der Waals surface area contributed by atoms with E-state index in [2.05, 4.69) is 0 Å². The quantitative estimate of drug-likeness (QED) is 0.385. The Morgan fingerprint density at radius 3 is 1.79 bits per heavy atom. The molecule has 1 fully saturated rings. The van der Waals surface area contributed by atoms with Crippen LogP contribution in [0, 0.1) is 0 Å². The zero-order valence-corrected chi connectivity index (χ0v) is 14.4. The van der Waals surface area contributed by atoms with Crippen LogP contribution in [0.1, 0.15) is 27.7 Å². The maximum atomic E-state index is 11.3. The summed E-state index contributed by atoms with van der Waals surface area (Å²) in [6, 6.07) is 0. The molecule has 0 radical (unpaired) electrons. The fourth-order valence-corrected chi connectivity index (χ4v) is 2.49. The topological polar surface area (TPSA) is 114 Å². The fraction of sp³-hybridized carbons (Fsp3) is 0.714. The summed E-state index contributed by atoms with van der Waals surface area (Å²) in [6.07, 6.45) is -4.62. The molecular formula is C14H19ClO9. The predicted molar refractivity (Wildman–Crippen MR) is 77.8 cm³/mol. The van der Waals surface area contributed by atoms with Gasteiger partial charge >= 0.3 is 23.9 Å². The predicted octanol–water partition coefficient (Wildman–Crippen LogP) is 0.308. The van der Waals surface area contributed by atoms with Gasteiger partial charge in [-0.15, -0.1) is 11.6 Å². The Morgan fingerprint density at radius 2 is 1.33 bits per heavy atom. The molecule has 0 amide bonds. The summed E-state index contributed by atoms with van der Waals surface area (Å²) in [5, 5.41) is -1.09. The number of halogens is 1. The van der Waals surface area contributed by atoms with Gasteiger partial charge in [-0.25, -0.2) is 0 Å². The zero-order chi connectivity index (χ0) is 18.4. The van der Waals surface area contributed by atoms with Gasteiger partial charge in [-0.3, -0.25) is 19.2 Å². The molecule has 0 spiro atoms. The van der Waals surface area contributed by atoms with Gasteiger partial charge in [0, 0.05) is 27.7 Å². The molecule has 10 heteroatoms. The first kappa shape index (κ1) is 20.2. The minimum absolute atomic E-state index is 0.291. The Labute approximate surface area is 143 Å². The Morgan fingerprint density at radius 1 is 0.833 bits per heavy atom. The standard InChI is InChI=1S/C14H19ClO9/c1-6(16)20-5-10-12(21-7(2)17)11(15)13(22-8(3)18)14(24-10)23-9(4)19/h10-14H,5H2,1-4H3/t10-,11-,12+,13-,14+/m0/s1. The third-order valence-electron chi connectivity index (χ3n) is 2.91. The van der Waals surface area contributed by atoms with Gasteiger partial charge in [0.25, 0.3) is 0 Å². The highest BCUT2D eigenvalue weighted by Gasteiger charge is 2.50. The van der Waals surface area contributed by atoms with E-state index in [0.717, 1.165) is 20.8 Å². The average Bonchev–Trinajstić information content (AvgIpc) is 2.42. The van der Waals surface area contributed by atoms with E-state index in [0.29, 0.717) is 0 Å². The monoisotopic (exact) mass is 366 g/mol. The summed E-state index contributed by atoms with van der Waals surface area (Å²) < 4.78 is 25.4. The van der Waals surface area contributed by atoms with Crippen LogP contribution in [0.4, 0.5) is 0 Å². The van der Waals surface area contributed by atoms with Crippen molar-refractivity contribution in [2.45, 2.75) is 57.7 Å². The van der Waals surface area contributed by atoms with Crippen LogP contribution in [0.15, 0.2) is 0 Å². The van der Waals surface area contributed by atoms with E-state index in [1.807, 2.05) is 0 Å². The number of esters is 4. The summed E-state index contributed by atoms with van der Waals surface area (Å²) in [5.74, 6) is -2.63. The van der Waals surface area contributed by atoms with Crippen molar-refractivity contribution in [3.63, 3.8) is 0 Å². The van der Waals surface area contributed by atoms with E-state index in [1.54, 1.807) is 0 Å². The highest BCUT2D eigenvalue weighted by molar-refractivity contribution is 6.21. The zero-order valence-electron chi connectivity index (χ0n) is 13.6. The molecule has 0 aromatic carbocycles. The van der Waals surface area contributed by atoms with Gasteiger partial charge in [0.05, 0.1) is 0 Å². The highest BCUT2D eigenvalue weighted by atomic mass is 35.5. The first-order chi connectivity index (χ1) is 11.1. The molecule has 136 valence electrons. The lowest BCUT2D eigenvalue weighted by molar-refractivity contribution is -0.268. The van der Waals surface area contributed by atoms with E-state index < -0.39 is 53.9 Å². The molecule has 9 nitrogen and oxygen atoms in total. The number of carbonyl (C=O) groups excluding carboxylic acids is 4. The number of rotatable bonds is 5. The lowest BCUT2D eigenvalue weighted by Crippen LogP contribution is -2.60. The molecule has 24 heavy (non-hydrogen) atoms. The van der Waals surface area contributed by atoms with Crippen LogP contribution in [-0.4, -0.2) is 60.5 Å². The van der Waals surface area contributed by atoms with Crippen LogP contribution in [0.25, 0.3) is 0 Å². The third kappa shape index (κ3) is 5.97. The van der Waals surface area contributed by atoms with Gasteiger partial charge in [-0.05, 0) is 0 Å². The van der Waals surface area contributed by atoms with Crippen molar-refractivity contribution in [1.82, 2.24) is 0 Å². The Kier molecular flexibility index (Phi) is 7.43. The molecule has 0 aliphatic carbocycles. The van der Waals surface area contributed by atoms with E-state index in [-0.39, 0.29) is 6.61 Å². The normalized spacial score (nSPS) is 29.3. The summed E-state index contributed by atoms with van der Waals surface area (Å²) in [7, 11) is 0. The van der Waals surface area contributed by atoms with Crippen molar-refractivity contribution >= 4 is 35.5 Å². The molecular weight excluding hydrogens is 348 g/mol. The molecule has 1 heterocycles. The Hall–Kier alpha value is -1.87. The number of ether oxygens (including phenoxy) is 5. The third-order valence-corrected chi connectivity index (χ3v) is 3.41. The fourth-order valence-electron chi connectivity index (χ4n) is 2.11. The van der Waals surface area contributed by atoms with Crippen LogP contribution in [0.5, 0.6) is 0 Å². The molecule has 1 rings (SSSR count). The van der Waals surface area contributed by atoms with Crippen molar-refractivity contribution in [1.29, 1.82) is 0 Å². The molecule has 0 aromatic heterocycles. The number of alkyl halides is 1. The highest BCUT2D eigenvalue weighted by Crippen LogP contribution is 2.31. The summed E-state index contributed by atoms with van der Waals surface area (Å²) >= 11 is 6.26. The maximum Gasteiger partial charge on any atom is 0.305 e. The minimum atomic E-state index is -1.33. The van der Waals surface area contributed by atoms with Crippen LogP contribution < -0.4 is 0 Å². The number of carbonyl (C=O) groups is 4.